The number of fused-ring (bicyclic) bond motifs is 1. The number of nitriles is 1. The molecule has 0 radical (unpaired) electrons. The number of alkyl halides is 3. The first kappa shape index (κ1) is 19.3. The zero-order chi connectivity index (χ0) is 20.5. The van der Waals surface area contributed by atoms with Gasteiger partial charge in [-0.15, -0.1) is 0 Å². The molecule has 0 bridgehead atoms. The molecule has 0 aromatic carbocycles. The molecule has 2 aromatic rings. The van der Waals surface area contributed by atoms with E-state index in [1.54, 1.807) is 17.9 Å². The van der Waals surface area contributed by atoms with Gasteiger partial charge in [-0.05, 0) is 19.8 Å². The van der Waals surface area contributed by atoms with E-state index in [4.69, 9.17) is 11.6 Å². The Kier molecular flexibility index (Phi) is 4.14. The zero-order valence-electron chi connectivity index (χ0n) is 14.8. The van der Waals surface area contributed by atoms with Crippen molar-refractivity contribution < 1.29 is 21.6 Å². The average molecular weight is 433 g/mol. The molecule has 28 heavy (non-hydrogen) atoms. The molecular weight excluding hydrogens is 417 g/mol. The standard InChI is InChI=1S/C17H16ClF3N4O2S/c1-9-11(18)12-13(23-9)14(10(6-22)15(24-12)17(19,20)21)25-4-2-16(7-25)3-5-28(26,27)8-16/h23H,2-5,7-8H2,1H3. The Morgan fingerprint density at radius 2 is 2.07 bits per heavy atom. The highest BCUT2D eigenvalue weighted by atomic mass is 35.5. The molecule has 2 aromatic heterocycles. The summed E-state index contributed by atoms with van der Waals surface area (Å²) in [5, 5.41) is 9.61. The molecule has 150 valence electrons. The molecule has 0 aliphatic carbocycles. The first-order valence-electron chi connectivity index (χ1n) is 8.61. The number of sulfone groups is 1. The fourth-order valence-corrected chi connectivity index (χ4v) is 6.71. The number of aromatic amines is 1. The van der Waals surface area contributed by atoms with Gasteiger partial charge >= 0.3 is 6.18 Å². The smallest absolute Gasteiger partial charge is 0.368 e. The molecule has 2 saturated heterocycles. The number of aryl methyl sites for hydroxylation is 1. The minimum atomic E-state index is -4.82. The number of hydrogen-bond acceptors (Lipinski definition) is 5. The number of hydrogen-bond donors (Lipinski definition) is 1. The van der Waals surface area contributed by atoms with Crippen LogP contribution in [0.15, 0.2) is 0 Å². The van der Waals surface area contributed by atoms with E-state index in [9.17, 15) is 26.9 Å². The summed E-state index contributed by atoms with van der Waals surface area (Å²) in [7, 11) is -3.15. The maximum Gasteiger partial charge on any atom is 0.434 e. The van der Waals surface area contributed by atoms with Gasteiger partial charge in [-0.2, -0.15) is 18.4 Å². The second-order valence-corrected chi connectivity index (χ2v) is 10.2. The van der Waals surface area contributed by atoms with Crippen molar-refractivity contribution in [2.24, 2.45) is 5.41 Å². The predicted octanol–water partition coefficient (Wildman–Crippen LogP) is 3.43. The highest BCUT2D eigenvalue weighted by molar-refractivity contribution is 7.91. The fraction of sp³-hybridized carbons (Fsp3) is 0.529. The van der Waals surface area contributed by atoms with E-state index < -0.39 is 32.7 Å². The third-order valence-electron chi connectivity index (χ3n) is 5.62. The number of pyridine rings is 1. The lowest BCUT2D eigenvalue weighted by Crippen LogP contribution is -2.29. The SMILES string of the molecule is Cc1[nH]c2c(N3CCC4(CCS(=O)(=O)C4)C3)c(C#N)c(C(F)(F)F)nc2c1Cl. The van der Waals surface area contributed by atoms with E-state index >= 15 is 0 Å². The van der Waals surface area contributed by atoms with Crippen LogP contribution in [-0.4, -0.2) is 43.0 Å². The van der Waals surface area contributed by atoms with E-state index in [1.807, 2.05) is 0 Å². The minimum absolute atomic E-state index is 0.0171. The molecule has 1 spiro atoms. The van der Waals surface area contributed by atoms with Crippen molar-refractivity contribution in [3.63, 3.8) is 0 Å². The van der Waals surface area contributed by atoms with Crippen LogP contribution in [0.1, 0.15) is 29.8 Å². The van der Waals surface area contributed by atoms with Gasteiger partial charge in [0.1, 0.15) is 17.1 Å². The van der Waals surface area contributed by atoms with Crippen molar-refractivity contribution in [2.75, 3.05) is 29.5 Å². The van der Waals surface area contributed by atoms with E-state index in [-0.39, 0.29) is 39.8 Å². The Morgan fingerprint density at radius 3 is 2.64 bits per heavy atom. The Balaban J connectivity index is 1.91. The van der Waals surface area contributed by atoms with Crippen LogP contribution in [0.25, 0.3) is 11.0 Å². The van der Waals surface area contributed by atoms with Crippen LogP contribution in [-0.2, 0) is 16.0 Å². The van der Waals surface area contributed by atoms with Crippen molar-refractivity contribution in [3.8, 4) is 6.07 Å². The number of aromatic nitrogens is 2. The van der Waals surface area contributed by atoms with Crippen LogP contribution in [0.4, 0.5) is 18.9 Å². The van der Waals surface area contributed by atoms with E-state index in [2.05, 4.69) is 9.97 Å². The van der Waals surface area contributed by atoms with Gasteiger partial charge in [0.05, 0.1) is 27.7 Å². The first-order valence-corrected chi connectivity index (χ1v) is 10.8. The number of anilines is 1. The summed E-state index contributed by atoms with van der Waals surface area (Å²) in [6, 6.07) is 1.66. The van der Waals surface area contributed by atoms with E-state index in [0.29, 0.717) is 25.1 Å². The Hall–Kier alpha value is -1.99. The molecule has 1 N–H and O–H groups in total. The van der Waals surface area contributed by atoms with Crippen molar-refractivity contribution >= 4 is 38.2 Å². The second kappa shape index (κ2) is 6.00. The molecule has 11 heteroatoms. The average Bonchev–Trinajstić information content (AvgIpc) is 3.22. The number of nitrogens with one attached hydrogen (secondary N) is 1. The van der Waals surface area contributed by atoms with Crippen molar-refractivity contribution in [3.05, 3.63) is 22.0 Å². The maximum absolute atomic E-state index is 13.6. The normalized spacial score (nSPS) is 24.4. The molecule has 0 amide bonds. The van der Waals surface area contributed by atoms with Crippen LogP contribution in [0.5, 0.6) is 0 Å². The quantitative estimate of drug-likeness (QED) is 0.745. The highest BCUT2D eigenvalue weighted by Gasteiger charge is 2.48. The molecule has 4 rings (SSSR count). The summed E-state index contributed by atoms with van der Waals surface area (Å²) in [6.45, 7) is 2.24. The molecule has 1 atom stereocenters. The van der Waals surface area contributed by atoms with Crippen LogP contribution in [0.3, 0.4) is 0 Å². The van der Waals surface area contributed by atoms with Crippen LogP contribution in [0.2, 0.25) is 5.02 Å². The van der Waals surface area contributed by atoms with E-state index in [0.717, 1.165) is 0 Å². The largest absolute Gasteiger partial charge is 0.434 e. The number of nitrogens with zero attached hydrogens (tertiary/aromatic N) is 3. The van der Waals surface area contributed by atoms with Gasteiger partial charge in [-0.1, -0.05) is 11.6 Å². The van der Waals surface area contributed by atoms with Crippen molar-refractivity contribution in [1.29, 1.82) is 5.26 Å². The predicted molar refractivity (Wildman–Crippen MR) is 98.1 cm³/mol. The lowest BCUT2D eigenvalue weighted by atomic mass is 9.87. The second-order valence-electron chi connectivity index (χ2n) is 7.59. The monoisotopic (exact) mass is 432 g/mol. The minimum Gasteiger partial charge on any atom is -0.368 e. The molecular formula is C17H16ClF3N4O2S. The molecule has 2 fully saturated rings. The van der Waals surface area contributed by atoms with Gasteiger partial charge in [0.15, 0.2) is 15.5 Å². The lowest BCUT2D eigenvalue weighted by molar-refractivity contribution is -0.141. The van der Waals surface area contributed by atoms with Crippen LogP contribution in [0, 0.1) is 23.7 Å². The highest BCUT2D eigenvalue weighted by Crippen LogP contribution is 2.47. The van der Waals surface area contributed by atoms with Gasteiger partial charge in [-0.3, -0.25) is 0 Å². The topological polar surface area (TPSA) is 89.9 Å². The summed E-state index contributed by atoms with van der Waals surface area (Å²) in [6.07, 6.45) is -3.81. The fourth-order valence-electron chi connectivity index (χ4n) is 4.33. The third kappa shape index (κ3) is 2.92. The van der Waals surface area contributed by atoms with Crippen molar-refractivity contribution in [2.45, 2.75) is 25.9 Å². The summed E-state index contributed by atoms with van der Waals surface area (Å²) >= 11 is 6.15. The summed E-state index contributed by atoms with van der Waals surface area (Å²) < 4.78 is 64.7. The summed E-state index contributed by atoms with van der Waals surface area (Å²) in [5.74, 6) is 0.0994. The van der Waals surface area contributed by atoms with E-state index in [1.165, 1.54) is 0 Å². The third-order valence-corrected chi connectivity index (χ3v) is 7.97. The summed E-state index contributed by atoms with van der Waals surface area (Å²) in [5.41, 5.74) is -1.58. The van der Waals surface area contributed by atoms with Gasteiger partial charge in [0.2, 0.25) is 0 Å². The van der Waals surface area contributed by atoms with Gasteiger partial charge in [0, 0.05) is 24.2 Å². The molecule has 6 nitrogen and oxygen atoms in total. The maximum atomic E-state index is 13.6. The molecule has 0 saturated carbocycles. The Bertz CT molecular complexity index is 1140. The Labute approximate surface area is 164 Å². The number of rotatable bonds is 1. The molecule has 2 aliphatic rings. The van der Waals surface area contributed by atoms with Crippen LogP contribution >= 0.6 is 11.6 Å². The Morgan fingerprint density at radius 1 is 1.36 bits per heavy atom. The lowest BCUT2D eigenvalue weighted by Gasteiger charge is -2.25. The van der Waals surface area contributed by atoms with Crippen molar-refractivity contribution in [1.82, 2.24) is 9.97 Å². The first-order chi connectivity index (χ1) is 13.0. The van der Waals surface area contributed by atoms with Gasteiger partial charge in [-0.25, -0.2) is 13.4 Å². The molecule has 2 aliphatic heterocycles. The number of halogens is 4. The molecule has 4 heterocycles. The number of H-pyrrole nitrogens is 1. The van der Waals surface area contributed by atoms with Gasteiger partial charge in [0.25, 0.3) is 0 Å². The summed E-state index contributed by atoms with van der Waals surface area (Å²) in [4.78, 5) is 8.27. The zero-order valence-corrected chi connectivity index (χ0v) is 16.4. The van der Waals surface area contributed by atoms with Gasteiger partial charge < -0.3 is 9.88 Å². The molecule has 1 unspecified atom stereocenters. The van der Waals surface area contributed by atoms with Crippen LogP contribution < -0.4 is 4.90 Å².